The molecule has 2 aromatic rings. The van der Waals surface area contributed by atoms with E-state index >= 15 is 0 Å². The minimum Gasteiger partial charge on any atom is -0.507 e. The highest BCUT2D eigenvalue weighted by atomic mass is 16.5. The van der Waals surface area contributed by atoms with Crippen LogP contribution in [0.4, 0.5) is 0 Å². The van der Waals surface area contributed by atoms with Gasteiger partial charge >= 0.3 is 0 Å². The summed E-state index contributed by atoms with van der Waals surface area (Å²) in [5.74, 6) is -0.225. The molecular formula is C28H35NO6. The lowest BCUT2D eigenvalue weighted by atomic mass is 9.92. The molecule has 1 aliphatic rings. The van der Waals surface area contributed by atoms with E-state index in [0.29, 0.717) is 23.5 Å². The zero-order valence-electron chi connectivity index (χ0n) is 21.3. The Morgan fingerprint density at radius 1 is 1.06 bits per heavy atom. The van der Waals surface area contributed by atoms with Crippen LogP contribution in [0.2, 0.25) is 0 Å². The Bertz CT molecular complexity index is 1100. The number of ether oxygens (including phenoxy) is 3. The number of methoxy groups -OCH3 is 1. The minimum atomic E-state index is -0.811. The van der Waals surface area contributed by atoms with Crippen molar-refractivity contribution >= 4 is 17.4 Å². The van der Waals surface area contributed by atoms with Gasteiger partial charge in [-0.3, -0.25) is 9.59 Å². The van der Waals surface area contributed by atoms with Crippen molar-refractivity contribution in [2.75, 3.05) is 26.9 Å². The molecule has 0 aromatic heterocycles. The Morgan fingerprint density at radius 2 is 1.77 bits per heavy atom. The highest BCUT2D eigenvalue weighted by Crippen LogP contribution is 2.43. The van der Waals surface area contributed by atoms with Crippen LogP contribution in [-0.2, 0) is 14.3 Å². The van der Waals surface area contributed by atoms with Crippen LogP contribution < -0.4 is 9.47 Å². The molecule has 1 N–H and O–H groups in total. The van der Waals surface area contributed by atoms with E-state index in [4.69, 9.17) is 14.2 Å². The predicted octanol–water partition coefficient (Wildman–Crippen LogP) is 5.06. The van der Waals surface area contributed by atoms with Gasteiger partial charge < -0.3 is 24.2 Å². The summed E-state index contributed by atoms with van der Waals surface area (Å²) in [6.45, 7) is 10.8. The van der Waals surface area contributed by atoms with E-state index in [0.717, 1.165) is 11.3 Å². The summed E-state index contributed by atoms with van der Waals surface area (Å²) < 4.78 is 16.9. The largest absolute Gasteiger partial charge is 0.507 e. The average molecular weight is 482 g/mol. The van der Waals surface area contributed by atoms with Crippen molar-refractivity contribution in [1.82, 2.24) is 4.90 Å². The third-order valence-corrected chi connectivity index (χ3v) is 5.86. The zero-order valence-corrected chi connectivity index (χ0v) is 21.3. The number of Topliss-reactive ketones (excluding diaryl/α,β-unsaturated/α-hetero) is 1. The Balaban J connectivity index is 2.22. The van der Waals surface area contributed by atoms with E-state index in [1.54, 1.807) is 18.2 Å². The predicted molar refractivity (Wildman–Crippen MR) is 135 cm³/mol. The van der Waals surface area contributed by atoms with Crippen LogP contribution in [0.5, 0.6) is 11.5 Å². The second-order valence-electron chi connectivity index (χ2n) is 9.03. The van der Waals surface area contributed by atoms with Gasteiger partial charge in [0.1, 0.15) is 17.3 Å². The van der Waals surface area contributed by atoms with Gasteiger partial charge in [0.25, 0.3) is 11.7 Å². The number of amides is 1. The molecular weight excluding hydrogens is 446 g/mol. The number of nitrogens with zero attached hydrogens (tertiary/aromatic N) is 1. The fourth-order valence-corrected chi connectivity index (χ4v) is 4.28. The van der Waals surface area contributed by atoms with Gasteiger partial charge in [0.05, 0.1) is 30.9 Å². The molecule has 1 atom stereocenters. The number of benzene rings is 2. The summed E-state index contributed by atoms with van der Waals surface area (Å²) in [6, 6.07) is 11.8. The molecule has 0 spiro atoms. The number of likely N-dealkylation sites (tertiary alicyclic amines) is 1. The van der Waals surface area contributed by atoms with Gasteiger partial charge in [0, 0.05) is 24.8 Å². The number of hydrogen-bond donors (Lipinski definition) is 1. The van der Waals surface area contributed by atoms with Crippen molar-refractivity contribution in [3.8, 4) is 11.5 Å². The van der Waals surface area contributed by atoms with Crippen LogP contribution in [0.15, 0.2) is 48.0 Å². The molecule has 7 nitrogen and oxygen atoms in total. The molecule has 35 heavy (non-hydrogen) atoms. The van der Waals surface area contributed by atoms with Gasteiger partial charge in [0.2, 0.25) is 0 Å². The maximum atomic E-state index is 13.3. The van der Waals surface area contributed by atoms with Gasteiger partial charge in [-0.05, 0) is 56.5 Å². The fraction of sp³-hybridized carbons (Fsp3) is 0.429. The lowest BCUT2D eigenvalue weighted by molar-refractivity contribution is -0.140. The zero-order chi connectivity index (χ0) is 25.7. The van der Waals surface area contributed by atoms with Gasteiger partial charge in [-0.1, -0.05) is 32.0 Å². The van der Waals surface area contributed by atoms with Crippen molar-refractivity contribution in [2.45, 2.75) is 52.7 Å². The lowest BCUT2D eigenvalue weighted by Crippen LogP contribution is -2.33. The molecule has 1 heterocycles. The van der Waals surface area contributed by atoms with Crippen LogP contribution in [0.1, 0.15) is 63.3 Å². The van der Waals surface area contributed by atoms with Gasteiger partial charge in [0.15, 0.2) is 0 Å². The number of aliphatic hydroxyl groups is 1. The van der Waals surface area contributed by atoms with E-state index < -0.39 is 17.7 Å². The quantitative estimate of drug-likeness (QED) is 0.290. The summed E-state index contributed by atoms with van der Waals surface area (Å²) in [7, 11) is 1.54. The first-order valence-electron chi connectivity index (χ1n) is 12.0. The number of aliphatic hydroxyl groups excluding tert-OH is 1. The van der Waals surface area contributed by atoms with Crippen molar-refractivity contribution in [1.29, 1.82) is 0 Å². The van der Waals surface area contributed by atoms with Gasteiger partial charge in [-0.2, -0.15) is 0 Å². The van der Waals surface area contributed by atoms with Crippen molar-refractivity contribution in [3.63, 3.8) is 0 Å². The molecule has 0 saturated carbocycles. The highest BCUT2D eigenvalue weighted by molar-refractivity contribution is 6.46. The van der Waals surface area contributed by atoms with Crippen LogP contribution in [0.25, 0.3) is 5.76 Å². The van der Waals surface area contributed by atoms with Gasteiger partial charge in [-0.15, -0.1) is 0 Å². The molecule has 0 bridgehead atoms. The van der Waals surface area contributed by atoms with E-state index in [9.17, 15) is 14.7 Å². The van der Waals surface area contributed by atoms with Crippen LogP contribution in [0, 0.1) is 0 Å². The first-order valence-corrected chi connectivity index (χ1v) is 12.0. The highest BCUT2D eigenvalue weighted by Gasteiger charge is 2.47. The normalized spacial score (nSPS) is 17.5. The average Bonchev–Trinajstić information content (AvgIpc) is 3.07. The molecule has 0 radical (unpaired) electrons. The number of carbonyl (C=O) groups is 2. The standard InChI is InChI=1S/C28H35NO6/c1-7-34-22-13-12-19(16-21(22)17(2)3)26(30)24-25(29(14-15-33-6)28(32)27(24)31)20-10-8-9-11-23(20)35-18(4)5/h8-13,16-18,25,30H,7,14-15H2,1-6H3/b26-24+. The van der Waals surface area contributed by atoms with E-state index in [1.807, 2.05) is 58.9 Å². The monoisotopic (exact) mass is 481 g/mol. The molecule has 7 heteroatoms. The van der Waals surface area contributed by atoms with E-state index in [-0.39, 0.29) is 36.5 Å². The Kier molecular flexibility index (Phi) is 8.57. The van der Waals surface area contributed by atoms with Crippen LogP contribution in [0.3, 0.4) is 0 Å². The van der Waals surface area contributed by atoms with Crippen molar-refractivity contribution < 1.29 is 28.9 Å². The number of hydrogen-bond acceptors (Lipinski definition) is 6. The van der Waals surface area contributed by atoms with Crippen LogP contribution in [-0.4, -0.2) is 54.7 Å². The number of ketones is 1. The fourth-order valence-electron chi connectivity index (χ4n) is 4.28. The first kappa shape index (κ1) is 26.3. The van der Waals surface area contributed by atoms with Crippen molar-refractivity contribution in [3.05, 3.63) is 64.7 Å². The minimum absolute atomic E-state index is 0.0322. The molecule has 0 aliphatic carbocycles. The smallest absolute Gasteiger partial charge is 0.295 e. The second kappa shape index (κ2) is 11.4. The summed E-state index contributed by atoms with van der Waals surface area (Å²) in [4.78, 5) is 27.8. The Labute approximate surface area is 207 Å². The molecule has 3 rings (SSSR count). The topological polar surface area (TPSA) is 85.3 Å². The van der Waals surface area contributed by atoms with E-state index in [2.05, 4.69) is 0 Å². The molecule has 1 amide bonds. The summed E-state index contributed by atoms with van der Waals surface area (Å²) in [5, 5.41) is 11.5. The number of carbonyl (C=O) groups excluding carboxylic acids is 2. The summed E-state index contributed by atoms with van der Waals surface area (Å²) in [5.41, 5.74) is 2.02. The molecule has 2 aromatic carbocycles. The third-order valence-electron chi connectivity index (χ3n) is 5.86. The molecule has 1 fully saturated rings. The van der Waals surface area contributed by atoms with E-state index in [1.165, 1.54) is 12.0 Å². The lowest BCUT2D eigenvalue weighted by Gasteiger charge is -2.27. The molecule has 1 aliphatic heterocycles. The van der Waals surface area contributed by atoms with Gasteiger partial charge in [-0.25, -0.2) is 0 Å². The maximum absolute atomic E-state index is 13.3. The Hall–Kier alpha value is -3.32. The van der Waals surface area contributed by atoms with Crippen LogP contribution >= 0.6 is 0 Å². The first-order chi connectivity index (χ1) is 16.7. The second-order valence-corrected chi connectivity index (χ2v) is 9.03. The summed E-state index contributed by atoms with van der Waals surface area (Å²) in [6.07, 6.45) is -0.114. The number of para-hydroxylation sites is 1. The van der Waals surface area contributed by atoms with Crippen molar-refractivity contribution in [2.24, 2.45) is 0 Å². The Morgan fingerprint density at radius 3 is 2.40 bits per heavy atom. The maximum Gasteiger partial charge on any atom is 0.295 e. The SMILES string of the molecule is CCOc1ccc(/C(O)=C2\C(=O)C(=O)N(CCOC)C2c2ccccc2OC(C)C)cc1C(C)C. The number of rotatable bonds is 10. The third kappa shape index (κ3) is 5.51. The molecule has 1 unspecified atom stereocenters. The molecule has 188 valence electrons. The molecule has 1 saturated heterocycles. The summed E-state index contributed by atoms with van der Waals surface area (Å²) >= 11 is 0.